The molecule has 1 N–H and O–H groups in total. The van der Waals surface area contributed by atoms with E-state index >= 15 is 0 Å². The fraction of sp³-hybridized carbons (Fsp3) is 0.235. The fourth-order valence-electron chi connectivity index (χ4n) is 2.52. The molecular weight excluding hydrogens is 278 g/mol. The largest absolute Gasteiger partial charge is 0.369 e. The van der Waals surface area contributed by atoms with E-state index in [1.54, 1.807) is 11.3 Å². The zero-order chi connectivity index (χ0) is 14.7. The molecule has 0 spiro atoms. The lowest BCUT2D eigenvalue weighted by atomic mass is 10.1. The molecule has 2 aromatic heterocycles. The molecule has 0 saturated carbocycles. The van der Waals surface area contributed by atoms with Gasteiger partial charge in [0, 0.05) is 29.5 Å². The van der Waals surface area contributed by atoms with Gasteiger partial charge in [-0.25, -0.2) is 0 Å². The van der Waals surface area contributed by atoms with Crippen LogP contribution >= 0.6 is 11.3 Å². The SMILES string of the molecule is CNCc1cc(N(C)Cc2cccs2)c2ccccc2n1. The average Bonchev–Trinajstić information content (AvgIpc) is 2.99. The quantitative estimate of drug-likeness (QED) is 0.779. The molecule has 21 heavy (non-hydrogen) atoms. The summed E-state index contributed by atoms with van der Waals surface area (Å²) < 4.78 is 0. The molecule has 0 aliphatic heterocycles. The standard InChI is InChI=1S/C17H19N3S/c1-18-11-13-10-17(15-7-3-4-8-16(15)19-13)20(2)12-14-6-5-9-21-14/h3-10,18H,11-12H2,1-2H3. The molecule has 0 fully saturated rings. The molecule has 1 aromatic carbocycles. The topological polar surface area (TPSA) is 28.2 Å². The van der Waals surface area contributed by atoms with Crippen molar-refractivity contribution in [2.45, 2.75) is 13.1 Å². The van der Waals surface area contributed by atoms with Gasteiger partial charge >= 0.3 is 0 Å². The lowest BCUT2D eigenvalue weighted by molar-refractivity contribution is 0.794. The van der Waals surface area contributed by atoms with Crippen LogP contribution in [0.1, 0.15) is 10.6 Å². The Morgan fingerprint density at radius 3 is 2.81 bits per heavy atom. The Hall–Kier alpha value is -1.91. The maximum Gasteiger partial charge on any atom is 0.0726 e. The van der Waals surface area contributed by atoms with E-state index in [9.17, 15) is 0 Å². The van der Waals surface area contributed by atoms with Gasteiger partial charge in [0.2, 0.25) is 0 Å². The number of thiophene rings is 1. The molecule has 0 atom stereocenters. The number of pyridine rings is 1. The third-order valence-electron chi connectivity index (χ3n) is 3.49. The van der Waals surface area contributed by atoms with Gasteiger partial charge in [-0.1, -0.05) is 24.3 Å². The minimum absolute atomic E-state index is 0.782. The number of rotatable bonds is 5. The minimum Gasteiger partial charge on any atom is -0.369 e. The summed E-state index contributed by atoms with van der Waals surface area (Å²) in [5.41, 5.74) is 3.36. The van der Waals surface area contributed by atoms with Gasteiger partial charge < -0.3 is 10.2 Å². The number of anilines is 1. The lowest BCUT2D eigenvalue weighted by Crippen LogP contribution is -2.17. The van der Waals surface area contributed by atoms with E-state index in [-0.39, 0.29) is 0 Å². The second-order valence-electron chi connectivity index (χ2n) is 5.12. The molecule has 0 radical (unpaired) electrons. The summed E-state index contributed by atoms with van der Waals surface area (Å²) in [6.45, 7) is 1.70. The predicted molar refractivity (Wildman–Crippen MR) is 90.9 cm³/mol. The van der Waals surface area contributed by atoms with Gasteiger partial charge in [0.05, 0.1) is 17.8 Å². The lowest BCUT2D eigenvalue weighted by Gasteiger charge is -2.21. The molecule has 0 aliphatic carbocycles. The van der Waals surface area contributed by atoms with Crippen LogP contribution in [0.3, 0.4) is 0 Å². The van der Waals surface area contributed by atoms with Crippen molar-refractivity contribution in [2.75, 3.05) is 19.0 Å². The molecule has 108 valence electrons. The van der Waals surface area contributed by atoms with Crippen molar-refractivity contribution in [3.8, 4) is 0 Å². The second-order valence-corrected chi connectivity index (χ2v) is 6.15. The number of hydrogen-bond donors (Lipinski definition) is 1. The van der Waals surface area contributed by atoms with Crippen LogP contribution in [0.15, 0.2) is 47.8 Å². The Morgan fingerprint density at radius 1 is 1.19 bits per heavy atom. The number of hydrogen-bond acceptors (Lipinski definition) is 4. The molecule has 0 saturated heterocycles. The first-order valence-corrected chi connectivity index (χ1v) is 7.92. The number of fused-ring (bicyclic) bond motifs is 1. The summed E-state index contributed by atoms with van der Waals surface area (Å²) in [6, 6.07) is 14.8. The zero-order valence-electron chi connectivity index (χ0n) is 12.3. The number of nitrogens with zero attached hydrogens (tertiary/aromatic N) is 2. The van der Waals surface area contributed by atoms with Crippen LogP contribution in [0.5, 0.6) is 0 Å². The smallest absolute Gasteiger partial charge is 0.0726 e. The van der Waals surface area contributed by atoms with Crippen LogP contribution in [0.2, 0.25) is 0 Å². The monoisotopic (exact) mass is 297 g/mol. The van der Waals surface area contributed by atoms with Gasteiger partial charge in [-0.2, -0.15) is 0 Å². The van der Waals surface area contributed by atoms with Crippen molar-refractivity contribution in [3.63, 3.8) is 0 Å². The molecule has 0 aliphatic rings. The molecular formula is C17H19N3S. The predicted octanol–water partition coefficient (Wildman–Crippen LogP) is 3.65. The third-order valence-corrected chi connectivity index (χ3v) is 4.35. The highest BCUT2D eigenvalue weighted by Gasteiger charge is 2.10. The van der Waals surface area contributed by atoms with Crippen LogP contribution in [0.4, 0.5) is 5.69 Å². The first kappa shape index (κ1) is 14.0. The molecule has 0 amide bonds. The van der Waals surface area contributed by atoms with Crippen LogP contribution in [-0.4, -0.2) is 19.1 Å². The van der Waals surface area contributed by atoms with Gasteiger partial charge in [0.15, 0.2) is 0 Å². The Kier molecular flexibility index (Phi) is 4.18. The maximum atomic E-state index is 4.72. The van der Waals surface area contributed by atoms with Crippen LogP contribution in [0, 0.1) is 0 Å². The number of aromatic nitrogens is 1. The van der Waals surface area contributed by atoms with Crippen molar-refractivity contribution in [3.05, 3.63) is 58.4 Å². The number of benzene rings is 1. The highest BCUT2D eigenvalue weighted by atomic mass is 32.1. The van der Waals surface area contributed by atoms with Crippen molar-refractivity contribution in [2.24, 2.45) is 0 Å². The van der Waals surface area contributed by atoms with Gasteiger partial charge in [-0.3, -0.25) is 4.98 Å². The highest BCUT2D eigenvalue weighted by molar-refractivity contribution is 7.09. The molecule has 0 bridgehead atoms. The zero-order valence-corrected chi connectivity index (χ0v) is 13.2. The van der Waals surface area contributed by atoms with Crippen molar-refractivity contribution in [1.82, 2.24) is 10.3 Å². The molecule has 3 nitrogen and oxygen atoms in total. The van der Waals surface area contributed by atoms with Crippen LogP contribution in [0.25, 0.3) is 10.9 Å². The van der Waals surface area contributed by atoms with Crippen molar-refractivity contribution >= 4 is 27.9 Å². The van der Waals surface area contributed by atoms with Crippen LogP contribution < -0.4 is 10.2 Å². The summed E-state index contributed by atoms with van der Waals surface area (Å²) in [4.78, 5) is 8.39. The van der Waals surface area contributed by atoms with Gasteiger partial charge in [-0.15, -0.1) is 11.3 Å². The Morgan fingerprint density at radius 2 is 2.05 bits per heavy atom. The first-order valence-electron chi connectivity index (χ1n) is 7.04. The molecule has 3 rings (SSSR count). The van der Waals surface area contributed by atoms with Crippen LogP contribution in [-0.2, 0) is 13.1 Å². The van der Waals surface area contributed by atoms with Gasteiger partial charge in [-0.05, 0) is 30.6 Å². The van der Waals surface area contributed by atoms with E-state index in [4.69, 9.17) is 4.98 Å². The van der Waals surface area contributed by atoms with E-state index in [2.05, 4.69) is 59.0 Å². The van der Waals surface area contributed by atoms with Crippen molar-refractivity contribution in [1.29, 1.82) is 0 Å². The Bertz CT molecular complexity index is 722. The van der Waals surface area contributed by atoms with E-state index in [0.717, 1.165) is 24.3 Å². The summed E-state index contributed by atoms with van der Waals surface area (Å²) in [7, 11) is 4.09. The van der Waals surface area contributed by atoms with E-state index in [1.807, 2.05) is 13.1 Å². The Balaban J connectivity index is 2.02. The third kappa shape index (κ3) is 3.06. The van der Waals surface area contributed by atoms with Gasteiger partial charge in [0.25, 0.3) is 0 Å². The van der Waals surface area contributed by atoms with E-state index < -0.39 is 0 Å². The molecule has 2 heterocycles. The van der Waals surface area contributed by atoms with E-state index in [1.165, 1.54) is 16.0 Å². The summed E-state index contributed by atoms with van der Waals surface area (Å²) >= 11 is 1.80. The van der Waals surface area contributed by atoms with Crippen molar-refractivity contribution < 1.29 is 0 Å². The summed E-state index contributed by atoms with van der Waals surface area (Å²) in [6.07, 6.45) is 0. The summed E-state index contributed by atoms with van der Waals surface area (Å²) in [5.74, 6) is 0. The highest BCUT2D eigenvalue weighted by Crippen LogP contribution is 2.27. The number of para-hydroxylation sites is 1. The maximum absolute atomic E-state index is 4.72. The average molecular weight is 297 g/mol. The molecule has 4 heteroatoms. The second kappa shape index (κ2) is 6.24. The summed E-state index contributed by atoms with van der Waals surface area (Å²) in [5, 5.41) is 6.51. The first-order chi connectivity index (χ1) is 10.3. The fourth-order valence-corrected chi connectivity index (χ4v) is 3.28. The van der Waals surface area contributed by atoms with Gasteiger partial charge in [0.1, 0.15) is 0 Å². The number of nitrogens with one attached hydrogen (secondary N) is 1. The van der Waals surface area contributed by atoms with E-state index in [0.29, 0.717) is 0 Å². The minimum atomic E-state index is 0.782. The Labute approximate surface area is 129 Å². The molecule has 3 aromatic rings. The normalized spacial score (nSPS) is 11.0. The molecule has 0 unspecified atom stereocenters.